The fraction of sp³-hybridized carbons (Fsp3) is 0.188. The van der Waals surface area contributed by atoms with E-state index in [9.17, 15) is 8.42 Å². The summed E-state index contributed by atoms with van der Waals surface area (Å²) in [6.45, 7) is 2.08. The van der Waals surface area contributed by atoms with Crippen molar-refractivity contribution in [3.63, 3.8) is 0 Å². The third-order valence-corrected chi connectivity index (χ3v) is 5.01. The van der Waals surface area contributed by atoms with E-state index >= 15 is 0 Å². The first-order valence-electron chi connectivity index (χ1n) is 6.94. The minimum absolute atomic E-state index is 0.164. The average Bonchev–Trinajstić information content (AvgIpc) is 2.83. The van der Waals surface area contributed by atoms with Crippen molar-refractivity contribution in [1.82, 2.24) is 14.5 Å². The number of aromatic nitrogens is 2. The second-order valence-corrected chi connectivity index (χ2v) is 6.99. The van der Waals surface area contributed by atoms with E-state index in [-0.39, 0.29) is 11.4 Å². The highest BCUT2D eigenvalue weighted by Crippen LogP contribution is 2.18. The van der Waals surface area contributed by atoms with Crippen LogP contribution in [0.3, 0.4) is 0 Å². The number of benzene rings is 2. The molecule has 6 heteroatoms. The Bertz CT molecular complexity index is 912. The predicted octanol–water partition coefficient (Wildman–Crippen LogP) is 2.36. The number of nitrogens with zero attached hydrogens (tertiary/aromatic N) is 2. The van der Waals surface area contributed by atoms with Crippen LogP contribution in [0.2, 0.25) is 0 Å². The van der Waals surface area contributed by atoms with Crippen LogP contribution in [-0.4, -0.2) is 18.2 Å². The van der Waals surface area contributed by atoms with Crippen molar-refractivity contribution in [1.29, 1.82) is 0 Å². The van der Waals surface area contributed by atoms with Crippen LogP contribution in [0, 0.1) is 6.92 Å². The largest absolute Gasteiger partial charge is 0.268 e. The van der Waals surface area contributed by atoms with Crippen LogP contribution in [0.25, 0.3) is 10.9 Å². The summed E-state index contributed by atoms with van der Waals surface area (Å²) < 4.78 is 29.0. The van der Waals surface area contributed by atoms with E-state index in [2.05, 4.69) is 9.82 Å². The van der Waals surface area contributed by atoms with Gasteiger partial charge in [-0.3, -0.25) is 4.68 Å². The molecule has 0 aliphatic rings. The normalized spacial score (nSPS) is 11.9. The Morgan fingerprint density at radius 2 is 1.77 bits per heavy atom. The minimum Gasteiger partial charge on any atom is -0.268 e. The van der Waals surface area contributed by atoms with E-state index in [4.69, 9.17) is 0 Å². The van der Waals surface area contributed by atoms with Crippen molar-refractivity contribution < 1.29 is 8.42 Å². The van der Waals surface area contributed by atoms with Crippen LogP contribution in [-0.2, 0) is 23.6 Å². The van der Waals surface area contributed by atoms with E-state index in [1.165, 1.54) is 0 Å². The fourth-order valence-corrected chi connectivity index (χ4v) is 3.37. The Hall–Kier alpha value is -2.18. The average molecular weight is 315 g/mol. The summed E-state index contributed by atoms with van der Waals surface area (Å²) in [5.41, 5.74) is 2.72. The van der Waals surface area contributed by atoms with Crippen LogP contribution in [0.5, 0.6) is 0 Å². The lowest BCUT2D eigenvalue weighted by Crippen LogP contribution is -2.23. The maximum Gasteiger partial charge on any atom is 0.240 e. The first-order chi connectivity index (χ1) is 10.5. The Kier molecular flexibility index (Phi) is 3.72. The van der Waals surface area contributed by atoms with E-state index in [0.717, 1.165) is 16.5 Å². The van der Waals surface area contributed by atoms with Crippen LogP contribution < -0.4 is 4.72 Å². The molecule has 0 unspecified atom stereocenters. The summed E-state index contributed by atoms with van der Waals surface area (Å²) in [4.78, 5) is 0.262. The molecular formula is C16H17N3O2S. The van der Waals surface area contributed by atoms with Gasteiger partial charge in [0.05, 0.1) is 22.7 Å². The van der Waals surface area contributed by atoms with E-state index in [1.54, 1.807) is 28.9 Å². The Morgan fingerprint density at radius 3 is 2.50 bits per heavy atom. The molecule has 0 bridgehead atoms. The number of hydrogen-bond acceptors (Lipinski definition) is 3. The lowest BCUT2D eigenvalue weighted by atomic mass is 10.2. The molecule has 1 N–H and O–H groups in total. The number of aryl methyl sites for hydroxylation is 2. The van der Waals surface area contributed by atoms with Gasteiger partial charge in [-0.05, 0) is 25.1 Å². The molecule has 0 atom stereocenters. The van der Waals surface area contributed by atoms with Gasteiger partial charge in [-0.1, -0.05) is 35.9 Å². The summed E-state index contributed by atoms with van der Waals surface area (Å²) >= 11 is 0. The zero-order chi connectivity index (χ0) is 15.7. The van der Waals surface area contributed by atoms with Gasteiger partial charge in [0.15, 0.2) is 0 Å². The third-order valence-electron chi connectivity index (χ3n) is 3.60. The molecule has 0 amide bonds. The number of sulfonamides is 1. The topological polar surface area (TPSA) is 64.0 Å². The standard InChI is InChI=1S/C16H17N3O2S/c1-12-7-9-13(10-8-12)22(20,21)17-11-15-14-5-3-4-6-16(14)19(2)18-15/h3-10,17H,11H2,1-2H3. The molecular weight excluding hydrogens is 298 g/mol. The first kappa shape index (κ1) is 14.7. The summed E-state index contributed by atoms with van der Waals surface area (Å²) in [7, 11) is -1.69. The molecule has 114 valence electrons. The summed E-state index contributed by atoms with van der Waals surface area (Å²) in [6, 6.07) is 14.5. The number of hydrogen-bond donors (Lipinski definition) is 1. The number of para-hydroxylation sites is 1. The molecule has 1 aromatic heterocycles. The second-order valence-electron chi connectivity index (χ2n) is 5.23. The highest BCUT2D eigenvalue weighted by molar-refractivity contribution is 7.89. The molecule has 0 spiro atoms. The molecule has 2 aromatic carbocycles. The summed E-state index contributed by atoms with van der Waals surface area (Å²) in [5, 5.41) is 5.35. The van der Waals surface area contributed by atoms with Gasteiger partial charge in [-0.2, -0.15) is 5.10 Å². The number of rotatable bonds is 4. The van der Waals surface area contributed by atoms with Crippen molar-refractivity contribution >= 4 is 20.9 Å². The van der Waals surface area contributed by atoms with Gasteiger partial charge in [0.25, 0.3) is 0 Å². The quantitative estimate of drug-likeness (QED) is 0.804. The van der Waals surface area contributed by atoms with E-state index in [0.29, 0.717) is 5.69 Å². The Morgan fingerprint density at radius 1 is 1.09 bits per heavy atom. The highest BCUT2D eigenvalue weighted by Gasteiger charge is 2.15. The molecule has 0 saturated carbocycles. The van der Waals surface area contributed by atoms with Gasteiger partial charge in [0.1, 0.15) is 0 Å². The lowest BCUT2D eigenvalue weighted by molar-refractivity contribution is 0.580. The van der Waals surface area contributed by atoms with Crippen molar-refractivity contribution in [2.75, 3.05) is 0 Å². The van der Waals surface area contributed by atoms with Crippen molar-refractivity contribution in [2.45, 2.75) is 18.4 Å². The third kappa shape index (κ3) is 2.75. The van der Waals surface area contributed by atoms with Crippen LogP contribution in [0.1, 0.15) is 11.3 Å². The Labute approximate surface area is 129 Å². The zero-order valence-electron chi connectivity index (χ0n) is 12.4. The molecule has 1 heterocycles. The minimum atomic E-state index is -3.53. The van der Waals surface area contributed by atoms with Gasteiger partial charge < -0.3 is 0 Å². The number of fused-ring (bicyclic) bond motifs is 1. The number of nitrogens with one attached hydrogen (secondary N) is 1. The smallest absolute Gasteiger partial charge is 0.240 e. The molecule has 0 saturated heterocycles. The lowest BCUT2D eigenvalue weighted by Gasteiger charge is -2.06. The molecule has 0 aliphatic carbocycles. The van der Waals surface area contributed by atoms with Gasteiger partial charge in [-0.15, -0.1) is 0 Å². The highest BCUT2D eigenvalue weighted by atomic mass is 32.2. The van der Waals surface area contributed by atoms with E-state index < -0.39 is 10.0 Å². The van der Waals surface area contributed by atoms with Crippen LogP contribution in [0.15, 0.2) is 53.4 Å². The van der Waals surface area contributed by atoms with Gasteiger partial charge in [0.2, 0.25) is 10.0 Å². The fourth-order valence-electron chi connectivity index (χ4n) is 2.38. The molecule has 5 nitrogen and oxygen atoms in total. The van der Waals surface area contributed by atoms with Crippen molar-refractivity contribution in [3.8, 4) is 0 Å². The van der Waals surface area contributed by atoms with Gasteiger partial charge in [0, 0.05) is 12.4 Å². The Balaban J connectivity index is 1.86. The zero-order valence-corrected chi connectivity index (χ0v) is 13.3. The SMILES string of the molecule is Cc1ccc(S(=O)(=O)NCc2nn(C)c3ccccc23)cc1. The van der Waals surface area contributed by atoms with Crippen molar-refractivity contribution in [3.05, 3.63) is 59.8 Å². The molecule has 3 rings (SSSR count). The first-order valence-corrected chi connectivity index (χ1v) is 8.42. The predicted molar refractivity (Wildman–Crippen MR) is 85.9 cm³/mol. The maximum absolute atomic E-state index is 12.3. The molecule has 0 radical (unpaired) electrons. The van der Waals surface area contributed by atoms with Crippen LogP contribution in [0.4, 0.5) is 0 Å². The molecule has 22 heavy (non-hydrogen) atoms. The van der Waals surface area contributed by atoms with Gasteiger partial charge >= 0.3 is 0 Å². The van der Waals surface area contributed by atoms with E-state index in [1.807, 2.05) is 38.2 Å². The molecule has 3 aromatic rings. The maximum atomic E-state index is 12.3. The monoisotopic (exact) mass is 315 g/mol. The van der Waals surface area contributed by atoms with Gasteiger partial charge in [-0.25, -0.2) is 13.1 Å². The second kappa shape index (κ2) is 5.55. The molecule has 0 aliphatic heterocycles. The van der Waals surface area contributed by atoms with Crippen molar-refractivity contribution in [2.24, 2.45) is 7.05 Å². The summed E-state index contributed by atoms with van der Waals surface area (Å²) in [5.74, 6) is 0. The van der Waals surface area contributed by atoms with Crippen LogP contribution >= 0.6 is 0 Å². The molecule has 0 fully saturated rings. The summed E-state index contributed by atoms with van der Waals surface area (Å²) in [6.07, 6.45) is 0.